The number of hydrogen-bond acceptors (Lipinski definition) is 5. The summed E-state index contributed by atoms with van der Waals surface area (Å²) in [5.74, 6) is -0.407. The van der Waals surface area contributed by atoms with E-state index in [-0.39, 0.29) is 6.54 Å². The largest absolute Gasteiger partial charge is 0.378 e. The molecule has 7 nitrogen and oxygen atoms in total. The fourth-order valence-electron chi connectivity index (χ4n) is 3.09. The van der Waals surface area contributed by atoms with Gasteiger partial charge in [-0.25, -0.2) is 8.42 Å². The Balaban J connectivity index is 1.69. The fourth-order valence-corrected chi connectivity index (χ4v) is 4.19. The molecule has 0 unspecified atom stereocenters. The van der Waals surface area contributed by atoms with E-state index in [9.17, 15) is 13.2 Å². The molecule has 2 aromatic carbocycles. The molecule has 9 heteroatoms. The summed E-state index contributed by atoms with van der Waals surface area (Å²) in [6.07, 6.45) is 1.09. The molecular formula is C20H24BrN3O4S. The first kappa shape index (κ1) is 21.6. The Bertz CT molecular complexity index is 974. The topological polar surface area (TPSA) is 79.0 Å². The van der Waals surface area contributed by atoms with Gasteiger partial charge in [0.1, 0.15) is 6.54 Å². The summed E-state index contributed by atoms with van der Waals surface area (Å²) in [4.78, 5) is 14.7. The molecular weight excluding hydrogens is 458 g/mol. The number of rotatable bonds is 6. The molecule has 0 atom stereocenters. The number of sulfonamides is 1. The highest BCUT2D eigenvalue weighted by atomic mass is 79.9. The van der Waals surface area contributed by atoms with Gasteiger partial charge in [0.05, 0.1) is 25.2 Å². The number of carbonyl (C=O) groups excluding carboxylic acids is 1. The maximum Gasteiger partial charge on any atom is 0.245 e. The van der Waals surface area contributed by atoms with Crippen LogP contribution < -0.4 is 14.5 Å². The van der Waals surface area contributed by atoms with Crippen molar-refractivity contribution in [3.8, 4) is 0 Å². The van der Waals surface area contributed by atoms with Crippen molar-refractivity contribution in [2.75, 3.05) is 53.6 Å². The van der Waals surface area contributed by atoms with E-state index in [1.165, 1.54) is 0 Å². The van der Waals surface area contributed by atoms with Crippen molar-refractivity contribution in [1.29, 1.82) is 0 Å². The van der Waals surface area contributed by atoms with Crippen LogP contribution in [0.5, 0.6) is 0 Å². The molecule has 0 aliphatic carbocycles. The summed E-state index contributed by atoms with van der Waals surface area (Å²) in [6.45, 7) is 4.64. The zero-order chi connectivity index (χ0) is 21.0. The van der Waals surface area contributed by atoms with Crippen molar-refractivity contribution in [3.05, 3.63) is 52.5 Å². The summed E-state index contributed by atoms with van der Waals surface area (Å²) in [5.41, 5.74) is 3.02. The summed E-state index contributed by atoms with van der Waals surface area (Å²) in [5, 5.41) is 2.77. The molecule has 1 aliphatic heterocycles. The van der Waals surface area contributed by atoms with Gasteiger partial charge in [0.15, 0.2) is 0 Å². The molecule has 29 heavy (non-hydrogen) atoms. The van der Waals surface area contributed by atoms with Gasteiger partial charge in [-0.05, 0) is 55.0 Å². The highest BCUT2D eigenvalue weighted by Gasteiger charge is 2.21. The van der Waals surface area contributed by atoms with Crippen molar-refractivity contribution in [2.45, 2.75) is 6.92 Å². The monoisotopic (exact) mass is 481 g/mol. The normalized spacial score (nSPS) is 14.5. The molecule has 1 heterocycles. The van der Waals surface area contributed by atoms with Gasteiger partial charge in [0, 0.05) is 28.9 Å². The van der Waals surface area contributed by atoms with Crippen molar-refractivity contribution in [1.82, 2.24) is 0 Å². The predicted octanol–water partition coefficient (Wildman–Crippen LogP) is 3.00. The molecule has 156 valence electrons. The van der Waals surface area contributed by atoms with E-state index in [1.807, 2.05) is 31.2 Å². The summed E-state index contributed by atoms with van der Waals surface area (Å²) < 4.78 is 31.8. The first-order valence-electron chi connectivity index (χ1n) is 9.20. The lowest BCUT2D eigenvalue weighted by molar-refractivity contribution is -0.114. The van der Waals surface area contributed by atoms with Crippen LogP contribution in [-0.2, 0) is 19.6 Å². The number of hydrogen-bond donors (Lipinski definition) is 1. The number of ether oxygens (including phenoxy) is 1. The molecule has 1 fully saturated rings. The van der Waals surface area contributed by atoms with Crippen molar-refractivity contribution in [2.24, 2.45) is 0 Å². The van der Waals surface area contributed by atoms with Gasteiger partial charge < -0.3 is 15.0 Å². The molecule has 1 saturated heterocycles. The lowest BCUT2D eigenvalue weighted by atomic mass is 10.2. The van der Waals surface area contributed by atoms with Crippen molar-refractivity contribution < 1.29 is 17.9 Å². The van der Waals surface area contributed by atoms with Crippen LogP contribution in [0.1, 0.15) is 5.56 Å². The maximum atomic E-state index is 12.5. The minimum atomic E-state index is -3.62. The van der Waals surface area contributed by atoms with Crippen LogP contribution in [0, 0.1) is 6.92 Å². The van der Waals surface area contributed by atoms with Crippen LogP contribution in [0.25, 0.3) is 0 Å². The highest BCUT2D eigenvalue weighted by Crippen LogP contribution is 2.25. The summed E-state index contributed by atoms with van der Waals surface area (Å²) in [6, 6.07) is 12.7. The van der Waals surface area contributed by atoms with Gasteiger partial charge in [-0.1, -0.05) is 15.9 Å². The van der Waals surface area contributed by atoms with Crippen LogP contribution in [0.4, 0.5) is 17.1 Å². The van der Waals surface area contributed by atoms with E-state index in [2.05, 4.69) is 26.1 Å². The molecule has 1 aliphatic rings. The average Bonchev–Trinajstić information content (AvgIpc) is 2.69. The first-order valence-corrected chi connectivity index (χ1v) is 11.8. The fraction of sp³-hybridized carbons (Fsp3) is 0.350. The third-order valence-corrected chi connectivity index (χ3v) is 6.67. The highest BCUT2D eigenvalue weighted by molar-refractivity contribution is 9.10. The molecule has 1 amide bonds. The number of benzene rings is 2. The lowest BCUT2D eigenvalue weighted by Gasteiger charge is -2.29. The number of nitrogens with zero attached hydrogens (tertiary/aromatic N) is 2. The zero-order valence-corrected chi connectivity index (χ0v) is 18.8. The molecule has 0 aromatic heterocycles. The average molecular weight is 482 g/mol. The van der Waals surface area contributed by atoms with Gasteiger partial charge in [0.25, 0.3) is 0 Å². The standard InChI is InChI=1S/C20H24BrN3O4S/c1-15-13-18(7-8-19(15)21)24(29(2,26)27)14-20(25)22-16-3-5-17(6-4-16)23-9-11-28-12-10-23/h3-8,13H,9-12,14H2,1-2H3,(H,22,25). The lowest BCUT2D eigenvalue weighted by Crippen LogP contribution is -2.37. The van der Waals surface area contributed by atoms with E-state index in [0.29, 0.717) is 24.6 Å². The van der Waals surface area contributed by atoms with E-state index in [1.54, 1.807) is 18.2 Å². The predicted molar refractivity (Wildman–Crippen MR) is 119 cm³/mol. The Morgan fingerprint density at radius 2 is 1.83 bits per heavy atom. The third-order valence-electron chi connectivity index (χ3n) is 4.64. The van der Waals surface area contributed by atoms with Gasteiger partial charge in [0.2, 0.25) is 15.9 Å². The first-order chi connectivity index (χ1) is 13.7. The van der Waals surface area contributed by atoms with Gasteiger partial charge in [-0.3, -0.25) is 9.10 Å². The number of halogens is 1. The number of aryl methyl sites for hydroxylation is 1. The van der Waals surface area contributed by atoms with E-state index in [4.69, 9.17) is 4.74 Å². The van der Waals surface area contributed by atoms with Gasteiger partial charge >= 0.3 is 0 Å². The van der Waals surface area contributed by atoms with E-state index >= 15 is 0 Å². The van der Waals surface area contributed by atoms with Gasteiger partial charge in [-0.2, -0.15) is 0 Å². The van der Waals surface area contributed by atoms with Gasteiger partial charge in [-0.15, -0.1) is 0 Å². The Kier molecular flexibility index (Phi) is 6.81. The van der Waals surface area contributed by atoms with E-state index in [0.717, 1.165) is 39.4 Å². The number of morpholine rings is 1. The summed E-state index contributed by atoms with van der Waals surface area (Å²) in [7, 11) is -3.62. The van der Waals surface area contributed by atoms with Crippen LogP contribution in [0.15, 0.2) is 46.9 Å². The quantitative estimate of drug-likeness (QED) is 0.685. The van der Waals surface area contributed by atoms with Crippen molar-refractivity contribution in [3.63, 3.8) is 0 Å². The maximum absolute atomic E-state index is 12.5. The Morgan fingerprint density at radius 3 is 2.41 bits per heavy atom. The van der Waals surface area contributed by atoms with Crippen molar-refractivity contribution >= 4 is 48.9 Å². The molecule has 0 spiro atoms. The minimum absolute atomic E-state index is 0.300. The smallest absolute Gasteiger partial charge is 0.245 e. The second-order valence-corrected chi connectivity index (χ2v) is 9.66. The minimum Gasteiger partial charge on any atom is -0.378 e. The number of amides is 1. The Labute approximate surface area is 179 Å². The molecule has 2 aromatic rings. The molecule has 0 saturated carbocycles. The SMILES string of the molecule is Cc1cc(N(CC(=O)Nc2ccc(N3CCOCC3)cc2)S(C)(=O)=O)ccc1Br. The van der Waals surface area contributed by atoms with Crippen LogP contribution in [0.3, 0.4) is 0 Å². The van der Waals surface area contributed by atoms with Crippen LogP contribution in [0.2, 0.25) is 0 Å². The van der Waals surface area contributed by atoms with Crippen LogP contribution in [-0.4, -0.2) is 53.4 Å². The Morgan fingerprint density at radius 1 is 1.17 bits per heavy atom. The van der Waals surface area contributed by atoms with Crippen LogP contribution >= 0.6 is 15.9 Å². The third kappa shape index (κ3) is 5.71. The number of carbonyl (C=O) groups is 1. The number of nitrogens with one attached hydrogen (secondary N) is 1. The molecule has 0 radical (unpaired) electrons. The number of anilines is 3. The Hall–Kier alpha value is -2.10. The van der Waals surface area contributed by atoms with E-state index < -0.39 is 15.9 Å². The zero-order valence-electron chi connectivity index (χ0n) is 16.4. The summed E-state index contributed by atoms with van der Waals surface area (Å²) >= 11 is 3.40. The molecule has 0 bridgehead atoms. The molecule has 1 N–H and O–H groups in total. The molecule has 3 rings (SSSR count). The second-order valence-electron chi connectivity index (χ2n) is 6.90. The second kappa shape index (κ2) is 9.15.